The molecular weight excluding hydrogens is 232 g/mol. The lowest BCUT2D eigenvalue weighted by Crippen LogP contribution is -2.14. The number of carbonyl (C=O) groups excluding carboxylic acids is 3. The van der Waals surface area contributed by atoms with E-state index in [0.717, 1.165) is 19.1 Å². The summed E-state index contributed by atoms with van der Waals surface area (Å²) in [5.74, 6) is -0.224. The number of esters is 1. The lowest BCUT2D eigenvalue weighted by molar-refractivity contribution is -0.140. The van der Waals surface area contributed by atoms with Crippen LogP contribution >= 0.6 is 0 Å². The van der Waals surface area contributed by atoms with E-state index in [-0.39, 0.29) is 23.6 Å². The van der Waals surface area contributed by atoms with Gasteiger partial charge in [0.05, 0.1) is 7.11 Å². The highest BCUT2D eigenvalue weighted by molar-refractivity contribution is 5.87. The maximum absolute atomic E-state index is 11.5. The van der Waals surface area contributed by atoms with Gasteiger partial charge in [0.15, 0.2) is 0 Å². The summed E-state index contributed by atoms with van der Waals surface area (Å²) in [6, 6.07) is 0. The highest BCUT2D eigenvalue weighted by Crippen LogP contribution is 2.29. The number of rotatable bonds is 7. The first kappa shape index (κ1) is 14.6. The van der Waals surface area contributed by atoms with Crippen LogP contribution in [0, 0.1) is 11.8 Å². The number of methoxy groups -OCH3 is 1. The molecule has 0 bridgehead atoms. The SMILES string of the molecule is COC(=O)CCCC=CC[C@H]1C(=O)CC[C@@H]1C=O. The Balaban J connectivity index is 2.21. The second kappa shape index (κ2) is 7.80. The Kier molecular flexibility index (Phi) is 6.33. The number of aldehydes is 1. The number of unbranched alkanes of at least 4 members (excludes halogenated alkanes) is 1. The Bertz CT molecular complexity index is 333. The Morgan fingerprint density at radius 1 is 1.44 bits per heavy atom. The third-order valence-corrected chi connectivity index (χ3v) is 3.37. The summed E-state index contributed by atoms with van der Waals surface area (Å²) in [6.45, 7) is 0. The highest BCUT2D eigenvalue weighted by atomic mass is 16.5. The Morgan fingerprint density at radius 2 is 2.22 bits per heavy atom. The predicted octanol–water partition coefficient (Wildman–Crippen LogP) is 2.07. The lowest BCUT2D eigenvalue weighted by atomic mass is 9.93. The number of hydrogen-bond donors (Lipinski definition) is 0. The van der Waals surface area contributed by atoms with Crippen molar-refractivity contribution in [3.05, 3.63) is 12.2 Å². The van der Waals surface area contributed by atoms with Gasteiger partial charge in [0.1, 0.15) is 12.1 Å². The zero-order chi connectivity index (χ0) is 13.4. The molecule has 1 aliphatic carbocycles. The molecule has 4 heteroatoms. The summed E-state index contributed by atoms with van der Waals surface area (Å²) < 4.78 is 4.53. The first-order valence-corrected chi connectivity index (χ1v) is 6.39. The van der Waals surface area contributed by atoms with Crippen molar-refractivity contribution in [3.63, 3.8) is 0 Å². The van der Waals surface area contributed by atoms with E-state index < -0.39 is 0 Å². The molecule has 0 amide bonds. The van der Waals surface area contributed by atoms with Gasteiger partial charge in [0.25, 0.3) is 0 Å². The van der Waals surface area contributed by atoms with E-state index in [0.29, 0.717) is 25.7 Å². The van der Waals surface area contributed by atoms with Crippen LogP contribution in [0.2, 0.25) is 0 Å². The Labute approximate surface area is 107 Å². The fourth-order valence-electron chi connectivity index (χ4n) is 2.23. The maximum atomic E-state index is 11.5. The average molecular weight is 252 g/mol. The van der Waals surface area contributed by atoms with Crippen molar-refractivity contribution in [2.45, 2.75) is 38.5 Å². The van der Waals surface area contributed by atoms with Gasteiger partial charge >= 0.3 is 5.97 Å². The van der Waals surface area contributed by atoms with E-state index in [9.17, 15) is 14.4 Å². The van der Waals surface area contributed by atoms with Gasteiger partial charge in [-0.25, -0.2) is 0 Å². The predicted molar refractivity (Wildman–Crippen MR) is 66.9 cm³/mol. The van der Waals surface area contributed by atoms with Crippen molar-refractivity contribution >= 4 is 18.0 Å². The third-order valence-electron chi connectivity index (χ3n) is 3.37. The van der Waals surface area contributed by atoms with Crippen LogP contribution in [-0.4, -0.2) is 25.1 Å². The standard InChI is InChI=1S/C14H20O4/c1-18-14(17)7-5-3-2-4-6-12-11(10-15)8-9-13(12)16/h2,4,10-12H,3,5-9H2,1H3/t11-,12-/m1/s1. The van der Waals surface area contributed by atoms with Crippen LogP contribution in [0.5, 0.6) is 0 Å². The molecule has 2 atom stereocenters. The van der Waals surface area contributed by atoms with Crippen LogP contribution in [0.15, 0.2) is 12.2 Å². The Morgan fingerprint density at radius 3 is 2.89 bits per heavy atom. The fraction of sp³-hybridized carbons (Fsp3) is 0.643. The number of hydrogen-bond acceptors (Lipinski definition) is 4. The molecule has 0 unspecified atom stereocenters. The zero-order valence-electron chi connectivity index (χ0n) is 10.8. The number of allylic oxidation sites excluding steroid dienone is 2. The van der Waals surface area contributed by atoms with Crippen molar-refractivity contribution < 1.29 is 19.1 Å². The van der Waals surface area contributed by atoms with Crippen LogP contribution in [0.25, 0.3) is 0 Å². The minimum Gasteiger partial charge on any atom is -0.469 e. The summed E-state index contributed by atoms with van der Waals surface area (Å²) in [6.07, 6.45) is 8.65. The first-order valence-electron chi connectivity index (χ1n) is 6.39. The number of Topliss-reactive ketones (excluding diaryl/α,β-unsaturated/α-hetero) is 1. The maximum Gasteiger partial charge on any atom is 0.305 e. The molecule has 1 fully saturated rings. The summed E-state index contributed by atoms with van der Waals surface area (Å²) in [4.78, 5) is 33.2. The fourth-order valence-corrected chi connectivity index (χ4v) is 2.23. The molecule has 0 N–H and O–H groups in total. The minimum absolute atomic E-state index is 0.0998. The molecule has 4 nitrogen and oxygen atoms in total. The largest absolute Gasteiger partial charge is 0.469 e. The van der Waals surface area contributed by atoms with Gasteiger partial charge in [0.2, 0.25) is 0 Å². The van der Waals surface area contributed by atoms with E-state index >= 15 is 0 Å². The van der Waals surface area contributed by atoms with Crippen molar-refractivity contribution in [1.29, 1.82) is 0 Å². The van der Waals surface area contributed by atoms with Gasteiger partial charge in [-0.15, -0.1) is 0 Å². The van der Waals surface area contributed by atoms with E-state index in [4.69, 9.17) is 0 Å². The monoisotopic (exact) mass is 252 g/mol. The number of ketones is 1. The van der Waals surface area contributed by atoms with Crippen molar-refractivity contribution in [3.8, 4) is 0 Å². The quantitative estimate of drug-likeness (QED) is 0.301. The molecule has 1 saturated carbocycles. The van der Waals surface area contributed by atoms with Gasteiger partial charge in [0, 0.05) is 24.7 Å². The normalized spacial score (nSPS) is 23.5. The summed E-state index contributed by atoms with van der Waals surface area (Å²) in [5.41, 5.74) is 0. The lowest BCUT2D eigenvalue weighted by Gasteiger charge is -2.09. The minimum atomic E-state index is -0.199. The van der Waals surface area contributed by atoms with Crippen molar-refractivity contribution in [2.75, 3.05) is 7.11 Å². The molecule has 0 spiro atoms. The molecule has 0 saturated heterocycles. The van der Waals surface area contributed by atoms with E-state index in [1.54, 1.807) is 0 Å². The van der Waals surface area contributed by atoms with E-state index in [1.807, 2.05) is 12.2 Å². The molecule has 0 aliphatic heterocycles. The molecule has 0 heterocycles. The van der Waals surface area contributed by atoms with E-state index in [2.05, 4.69) is 4.74 Å². The smallest absolute Gasteiger partial charge is 0.305 e. The molecule has 0 aromatic heterocycles. The molecule has 0 aromatic carbocycles. The molecule has 18 heavy (non-hydrogen) atoms. The number of carbonyl (C=O) groups is 3. The zero-order valence-corrected chi connectivity index (χ0v) is 10.8. The van der Waals surface area contributed by atoms with E-state index in [1.165, 1.54) is 7.11 Å². The van der Waals surface area contributed by atoms with Gasteiger partial charge in [-0.2, -0.15) is 0 Å². The first-order chi connectivity index (χ1) is 8.69. The van der Waals surface area contributed by atoms with Crippen LogP contribution in [0.3, 0.4) is 0 Å². The molecule has 1 aliphatic rings. The summed E-state index contributed by atoms with van der Waals surface area (Å²) >= 11 is 0. The summed E-state index contributed by atoms with van der Waals surface area (Å²) in [5, 5.41) is 0. The number of ether oxygens (including phenoxy) is 1. The van der Waals surface area contributed by atoms with Crippen LogP contribution in [0.1, 0.15) is 38.5 Å². The third kappa shape index (κ3) is 4.43. The van der Waals surface area contributed by atoms with Gasteiger partial charge in [-0.05, 0) is 25.7 Å². The molecule has 100 valence electrons. The van der Waals surface area contributed by atoms with Crippen LogP contribution in [0.4, 0.5) is 0 Å². The Hall–Kier alpha value is -1.45. The average Bonchev–Trinajstić information content (AvgIpc) is 2.74. The van der Waals surface area contributed by atoms with Crippen molar-refractivity contribution in [2.24, 2.45) is 11.8 Å². The molecular formula is C14H20O4. The van der Waals surface area contributed by atoms with Gasteiger partial charge in [-0.1, -0.05) is 12.2 Å². The molecule has 0 aromatic rings. The van der Waals surface area contributed by atoms with Crippen molar-refractivity contribution in [1.82, 2.24) is 0 Å². The highest BCUT2D eigenvalue weighted by Gasteiger charge is 2.32. The van der Waals surface area contributed by atoms with Gasteiger partial charge < -0.3 is 9.53 Å². The van der Waals surface area contributed by atoms with Gasteiger partial charge in [-0.3, -0.25) is 9.59 Å². The second-order valence-corrected chi connectivity index (χ2v) is 4.59. The molecule has 0 radical (unpaired) electrons. The second-order valence-electron chi connectivity index (χ2n) is 4.59. The molecule has 1 rings (SSSR count). The summed E-state index contributed by atoms with van der Waals surface area (Å²) in [7, 11) is 1.38. The van der Waals surface area contributed by atoms with Crippen LogP contribution in [-0.2, 0) is 19.1 Å². The topological polar surface area (TPSA) is 60.4 Å². The van der Waals surface area contributed by atoms with Crippen LogP contribution < -0.4 is 0 Å².